The maximum Gasteiger partial charge on any atom is 0.159 e. The summed E-state index contributed by atoms with van der Waals surface area (Å²) < 4.78 is 15.6. The highest BCUT2D eigenvalue weighted by Crippen LogP contribution is 2.35. The van der Waals surface area contributed by atoms with Gasteiger partial charge in [-0.1, -0.05) is 25.1 Å². The van der Waals surface area contributed by atoms with Crippen molar-refractivity contribution in [2.45, 2.75) is 39.2 Å². The molecule has 2 aromatic carbocycles. The van der Waals surface area contributed by atoms with Crippen molar-refractivity contribution < 1.29 is 14.6 Å². The molecule has 0 unspecified atom stereocenters. The van der Waals surface area contributed by atoms with Gasteiger partial charge in [0.2, 0.25) is 0 Å². The van der Waals surface area contributed by atoms with E-state index in [4.69, 9.17) is 4.98 Å². The second kappa shape index (κ2) is 8.94. The molecule has 0 amide bonds. The summed E-state index contributed by atoms with van der Waals surface area (Å²) in [5.41, 5.74) is 4.26. The molecule has 0 radical (unpaired) electrons. The Balaban J connectivity index is 1.40. The number of hydrogen-bond acceptors (Lipinski definition) is 5. The zero-order chi connectivity index (χ0) is 24.7. The Morgan fingerprint density at radius 3 is 2.74 bits per heavy atom. The molecule has 0 saturated carbocycles. The van der Waals surface area contributed by atoms with E-state index in [1.807, 2.05) is 33.0 Å². The van der Waals surface area contributed by atoms with Crippen LogP contribution in [0.1, 0.15) is 38.4 Å². The van der Waals surface area contributed by atoms with Crippen molar-refractivity contribution in [1.29, 1.82) is 0 Å². The number of fused-ring (bicyclic) bond motifs is 1. The van der Waals surface area contributed by atoms with Gasteiger partial charge in [0, 0.05) is 36.8 Å². The molecule has 7 nitrogen and oxygen atoms in total. The molecule has 4 aromatic rings. The van der Waals surface area contributed by atoms with Gasteiger partial charge in [-0.3, -0.25) is 10.00 Å². The molecular formula is C27H30FN5O2. The van der Waals surface area contributed by atoms with Gasteiger partial charge in [-0.2, -0.15) is 5.10 Å². The van der Waals surface area contributed by atoms with E-state index in [9.17, 15) is 10.2 Å². The van der Waals surface area contributed by atoms with E-state index in [2.05, 4.69) is 26.2 Å². The molecule has 35 heavy (non-hydrogen) atoms. The Morgan fingerprint density at radius 1 is 1.17 bits per heavy atom. The van der Waals surface area contributed by atoms with Crippen LogP contribution in [0.5, 0.6) is 5.75 Å². The molecule has 4 N–H and O–H groups in total. The Hall–Kier alpha value is -3.49. The maximum atomic E-state index is 15.6. The normalized spacial score (nSPS) is 14.7. The van der Waals surface area contributed by atoms with Crippen LogP contribution in [-0.2, 0) is 6.42 Å². The fourth-order valence-electron chi connectivity index (χ4n) is 4.58. The van der Waals surface area contributed by atoms with E-state index in [0.29, 0.717) is 40.8 Å². The second-order valence-corrected chi connectivity index (χ2v) is 9.78. The van der Waals surface area contributed by atoms with Crippen LogP contribution in [0.25, 0.3) is 39.1 Å². The molecule has 5 rings (SSSR count). The molecule has 0 fully saturated rings. The van der Waals surface area contributed by atoms with Crippen LogP contribution in [0.15, 0.2) is 42.6 Å². The number of aliphatic hydroxyl groups is 1. The number of imidazole rings is 1. The minimum Gasteiger partial charge on any atom is -0.508 e. The molecule has 8 heteroatoms. The smallest absolute Gasteiger partial charge is 0.159 e. The summed E-state index contributed by atoms with van der Waals surface area (Å²) in [5, 5.41) is 27.7. The highest BCUT2D eigenvalue weighted by Gasteiger charge is 2.22. The number of aromatic amines is 2. The highest BCUT2D eigenvalue weighted by molar-refractivity contribution is 5.95. The molecule has 0 atom stereocenters. The number of phenolic OH excluding ortho intramolecular Hbond substituents is 1. The minimum absolute atomic E-state index is 0.169. The first kappa shape index (κ1) is 23.3. The molecule has 0 saturated heterocycles. The van der Waals surface area contributed by atoms with E-state index >= 15 is 4.39 Å². The van der Waals surface area contributed by atoms with Gasteiger partial charge in [-0.15, -0.1) is 0 Å². The van der Waals surface area contributed by atoms with E-state index in [1.165, 1.54) is 0 Å². The number of halogens is 1. The zero-order valence-corrected chi connectivity index (χ0v) is 20.2. The number of nitrogens with zero attached hydrogens (tertiary/aromatic N) is 3. The molecule has 0 bridgehead atoms. The predicted molar refractivity (Wildman–Crippen MR) is 135 cm³/mol. The Morgan fingerprint density at radius 2 is 1.97 bits per heavy atom. The third-order valence-electron chi connectivity index (χ3n) is 6.60. The van der Waals surface area contributed by atoms with Crippen LogP contribution < -0.4 is 0 Å². The van der Waals surface area contributed by atoms with Crippen molar-refractivity contribution in [1.82, 2.24) is 25.1 Å². The number of rotatable bonds is 7. The molecule has 0 aliphatic carbocycles. The summed E-state index contributed by atoms with van der Waals surface area (Å²) in [4.78, 5) is 10.2. The first-order valence-electron chi connectivity index (χ1n) is 11.9. The number of nitrogens with one attached hydrogen (secondary N) is 2. The van der Waals surface area contributed by atoms with Gasteiger partial charge in [-0.05, 0) is 61.6 Å². The third-order valence-corrected chi connectivity index (χ3v) is 6.60. The fourth-order valence-corrected chi connectivity index (χ4v) is 4.58. The highest BCUT2D eigenvalue weighted by atomic mass is 19.1. The summed E-state index contributed by atoms with van der Waals surface area (Å²) >= 11 is 0. The van der Waals surface area contributed by atoms with Crippen molar-refractivity contribution in [3.05, 3.63) is 59.7 Å². The predicted octanol–water partition coefficient (Wildman–Crippen LogP) is 4.89. The van der Waals surface area contributed by atoms with Crippen LogP contribution >= 0.6 is 0 Å². The Labute approximate surface area is 203 Å². The first-order chi connectivity index (χ1) is 16.7. The van der Waals surface area contributed by atoms with Gasteiger partial charge in [0.05, 0.1) is 11.3 Å². The van der Waals surface area contributed by atoms with Crippen molar-refractivity contribution in [2.75, 3.05) is 19.6 Å². The van der Waals surface area contributed by atoms with Crippen LogP contribution in [0.4, 0.5) is 4.39 Å². The number of phenols is 1. The van der Waals surface area contributed by atoms with Gasteiger partial charge in [0.25, 0.3) is 0 Å². The summed E-state index contributed by atoms with van der Waals surface area (Å²) in [6.07, 6.45) is 5.39. The minimum atomic E-state index is -0.682. The van der Waals surface area contributed by atoms with E-state index < -0.39 is 5.60 Å². The number of hydrogen-bond donors (Lipinski definition) is 4. The van der Waals surface area contributed by atoms with Crippen molar-refractivity contribution >= 4 is 16.5 Å². The molecule has 3 heterocycles. The number of benzene rings is 2. The lowest BCUT2D eigenvalue weighted by Gasteiger charge is -2.22. The van der Waals surface area contributed by atoms with Gasteiger partial charge < -0.3 is 15.2 Å². The molecule has 1 aliphatic rings. The average Bonchev–Trinajstić information content (AvgIpc) is 3.56. The monoisotopic (exact) mass is 475 g/mol. The zero-order valence-electron chi connectivity index (χ0n) is 20.2. The van der Waals surface area contributed by atoms with Crippen molar-refractivity contribution in [2.24, 2.45) is 0 Å². The van der Waals surface area contributed by atoms with Gasteiger partial charge in [0.1, 0.15) is 17.0 Å². The lowest BCUT2D eigenvalue weighted by molar-refractivity contribution is 0.0612. The summed E-state index contributed by atoms with van der Waals surface area (Å²) in [5.74, 6) is 0.366. The number of aryl methyl sites for hydroxylation is 1. The van der Waals surface area contributed by atoms with E-state index in [-0.39, 0.29) is 11.6 Å². The van der Waals surface area contributed by atoms with Crippen LogP contribution in [0.2, 0.25) is 0 Å². The van der Waals surface area contributed by atoms with Crippen molar-refractivity contribution in [3.8, 4) is 28.4 Å². The first-order valence-corrected chi connectivity index (χ1v) is 11.9. The molecule has 182 valence electrons. The van der Waals surface area contributed by atoms with E-state index in [0.717, 1.165) is 42.0 Å². The molecule has 2 aromatic heterocycles. The lowest BCUT2D eigenvalue weighted by Crippen LogP contribution is -2.29. The molecule has 1 aliphatic heterocycles. The molecular weight excluding hydrogens is 445 g/mol. The van der Waals surface area contributed by atoms with Crippen LogP contribution in [0.3, 0.4) is 0 Å². The average molecular weight is 476 g/mol. The SMILES string of the molecule is CCc1cc(O)ccc1-c1ccc2c(-c3nc(C4=CCN(CCC(C)(C)O)C4)c[nH]3)n[nH]c2c1F. The van der Waals surface area contributed by atoms with Crippen LogP contribution in [-0.4, -0.2) is 60.5 Å². The fraction of sp³-hybridized carbons (Fsp3) is 0.333. The summed E-state index contributed by atoms with van der Waals surface area (Å²) in [6, 6.07) is 8.60. The second-order valence-electron chi connectivity index (χ2n) is 9.78. The van der Waals surface area contributed by atoms with Gasteiger partial charge in [0.15, 0.2) is 11.6 Å². The Kier molecular flexibility index (Phi) is 5.94. The van der Waals surface area contributed by atoms with E-state index in [1.54, 1.807) is 24.3 Å². The maximum absolute atomic E-state index is 15.6. The summed E-state index contributed by atoms with van der Waals surface area (Å²) in [6.45, 7) is 8.03. The number of aromatic nitrogens is 4. The number of H-pyrrole nitrogens is 2. The summed E-state index contributed by atoms with van der Waals surface area (Å²) in [7, 11) is 0. The molecule has 0 spiro atoms. The quantitative estimate of drug-likeness (QED) is 0.305. The lowest BCUT2D eigenvalue weighted by atomic mass is 9.96. The topological polar surface area (TPSA) is 101 Å². The largest absolute Gasteiger partial charge is 0.508 e. The van der Waals surface area contributed by atoms with Gasteiger partial charge >= 0.3 is 0 Å². The van der Waals surface area contributed by atoms with Crippen molar-refractivity contribution in [3.63, 3.8) is 0 Å². The third kappa shape index (κ3) is 4.59. The Bertz CT molecular complexity index is 1410. The van der Waals surface area contributed by atoms with Crippen LogP contribution in [0, 0.1) is 5.82 Å². The number of aromatic hydroxyl groups is 1. The van der Waals surface area contributed by atoms with Gasteiger partial charge in [-0.25, -0.2) is 9.37 Å². The standard InChI is InChI=1S/C27H30FN5O2/c1-4-16-13-18(34)5-6-19(16)20-7-8-21-24(23(20)28)31-32-25(21)26-29-14-22(30-26)17-9-11-33(15-17)12-10-27(2,3)35/h5-9,13-14,34-35H,4,10-12,15H2,1-3H3,(H,29,30)(H,31,32).